The number of hydrogen-bond donors (Lipinski definition) is 1. The molecule has 4 rings (SSSR count). The van der Waals surface area contributed by atoms with E-state index >= 15 is 0 Å². The Bertz CT molecular complexity index is 1050. The van der Waals surface area contributed by atoms with Gasteiger partial charge in [-0.2, -0.15) is 9.67 Å². The molecule has 0 fully saturated rings. The SMILES string of the molecule is COc1ccccc1Oc1ncnc(-n2nnc3ccccc32)c1N. The lowest BCUT2D eigenvalue weighted by atomic mass is 10.3. The molecule has 2 aromatic carbocycles. The summed E-state index contributed by atoms with van der Waals surface area (Å²) in [6, 6.07) is 14.8. The third-order valence-corrected chi connectivity index (χ3v) is 3.65. The first kappa shape index (κ1) is 14.9. The Morgan fingerprint density at radius 2 is 1.72 bits per heavy atom. The van der Waals surface area contributed by atoms with E-state index in [2.05, 4.69) is 20.3 Å². The molecule has 0 aliphatic carbocycles. The summed E-state index contributed by atoms with van der Waals surface area (Å²) in [7, 11) is 1.57. The predicted octanol–water partition coefficient (Wildman–Crippen LogP) is 2.59. The van der Waals surface area contributed by atoms with Gasteiger partial charge in [-0.15, -0.1) is 5.10 Å². The van der Waals surface area contributed by atoms with Gasteiger partial charge < -0.3 is 15.2 Å². The second-order valence-electron chi connectivity index (χ2n) is 5.16. The van der Waals surface area contributed by atoms with E-state index in [4.69, 9.17) is 15.2 Å². The van der Waals surface area contributed by atoms with E-state index in [1.165, 1.54) is 6.33 Å². The number of rotatable bonds is 4. The molecule has 124 valence electrons. The molecular weight excluding hydrogens is 320 g/mol. The second-order valence-corrected chi connectivity index (χ2v) is 5.16. The van der Waals surface area contributed by atoms with Gasteiger partial charge in [-0.3, -0.25) is 0 Å². The molecule has 2 aromatic heterocycles. The Kier molecular flexibility index (Phi) is 3.62. The number of hydrogen-bond acceptors (Lipinski definition) is 7. The summed E-state index contributed by atoms with van der Waals surface area (Å²) in [5.41, 5.74) is 8.01. The molecule has 4 aromatic rings. The van der Waals surface area contributed by atoms with Gasteiger partial charge in [0, 0.05) is 0 Å². The van der Waals surface area contributed by atoms with Gasteiger partial charge >= 0.3 is 0 Å². The van der Waals surface area contributed by atoms with E-state index in [0.29, 0.717) is 17.3 Å². The minimum atomic E-state index is 0.217. The van der Waals surface area contributed by atoms with Gasteiger partial charge in [0.15, 0.2) is 17.3 Å². The van der Waals surface area contributed by atoms with Crippen molar-refractivity contribution in [3.63, 3.8) is 0 Å². The first-order valence-electron chi connectivity index (χ1n) is 7.50. The van der Waals surface area contributed by atoms with Crippen LogP contribution in [0.3, 0.4) is 0 Å². The van der Waals surface area contributed by atoms with Crippen LogP contribution in [0, 0.1) is 0 Å². The Labute approximate surface area is 142 Å². The molecule has 0 saturated heterocycles. The highest BCUT2D eigenvalue weighted by Gasteiger charge is 2.16. The standard InChI is InChI=1S/C17H14N6O2/c1-24-13-8-4-5-9-14(13)25-17-15(18)16(19-10-20-17)23-12-7-3-2-6-11(12)21-22-23/h2-10H,18H2,1H3. The Hall–Kier alpha value is -3.68. The van der Waals surface area contributed by atoms with Crippen molar-refractivity contribution in [3.8, 4) is 23.2 Å². The number of methoxy groups -OCH3 is 1. The van der Waals surface area contributed by atoms with Gasteiger partial charge in [0.25, 0.3) is 0 Å². The van der Waals surface area contributed by atoms with E-state index in [0.717, 1.165) is 11.0 Å². The quantitative estimate of drug-likeness (QED) is 0.612. The van der Waals surface area contributed by atoms with Crippen LogP contribution in [-0.4, -0.2) is 32.1 Å². The average Bonchev–Trinajstić information content (AvgIpc) is 3.08. The number of anilines is 1. The van der Waals surface area contributed by atoms with Crippen molar-refractivity contribution in [2.75, 3.05) is 12.8 Å². The molecule has 2 N–H and O–H groups in total. The van der Waals surface area contributed by atoms with Gasteiger partial charge in [-0.05, 0) is 24.3 Å². The fourth-order valence-electron chi connectivity index (χ4n) is 2.45. The Balaban J connectivity index is 1.78. The summed E-state index contributed by atoms with van der Waals surface area (Å²) in [5.74, 6) is 1.70. The van der Waals surface area contributed by atoms with Crippen molar-refractivity contribution >= 4 is 16.7 Å². The number of nitrogen functional groups attached to an aromatic ring is 1. The molecule has 0 aliphatic rings. The highest BCUT2D eigenvalue weighted by atomic mass is 16.5. The van der Waals surface area contributed by atoms with Gasteiger partial charge in [0.05, 0.1) is 12.6 Å². The summed E-state index contributed by atoms with van der Waals surface area (Å²) in [5, 5.41) is 8.24. The topological polar surface area (TPSA) is 101 Å². The fourth-order valence-corrected chi connectivity index (χ4v) is 2.45. The Morgan fingerprint density at radius 3 is 2.56 bits per heavy atom. The third kappa shape index (κ3) is 2.59. The number of nitrogens with two attached hydrogens (primary N) is 1. The van der Waals surface area contributed by atoms with E-state index in [1.54, 1.807) is 23.9 Å². The molecule has 8 heteroatoms. The smallest absolute Gasteiger partial charge is 0.248 e. The zero-order chi connectivity index (χ0) is 17.2. The largest absolute Gasteiger partial charge is 0.493 e. The summed E-state index contributed by atoms with van der Waals surface area (Å²) in [6.07, 6.45) is 1.37. The molecule has 0 aliphatic heterocycles. The maximum absolute atomic E-state index is 6.23. The van der Waals surface area contributed by atoms with Crippen LogP contribution in [-0.2, 0) is 0 Å². The number of fused-ring (bicyclic) bond motifs is 1. The molecule has 0 spiro atoms. The summed E-state index contributed by atoms with van der Waals surface area (Å²) in [4.78, 5) is 8.35. The van der Waals surface area contributed by atoms with E-state index < -0.39 is 0 Å². The van der Waals surface area contributed by atoms with Gasteiger partial charge in [0.1, 0.15) is 17.5 Å². The van der Waals surface area contributed by atoms with E-state index in [1.807, 2.05) is 36.4 Å². The molecule has 0 bridgehead atoms. The lowest BCUT2D eigenvalue weighted by Crippen LogP contribution is -2.07. The number of para-hydroxylation sites is 3. The van der Waals surface area contributed by atoms with Crippen molar-refractivity contribution in [2.45, 2.75) is 0 Å². The Morgan fingerprint density at radius 1 is 0.960 bits per heavy atom. The molecule has 25 heavy (non-hydrogen) atoms. The molecule has 0 radical (unpaired) electrons. The molecule has 2 heterocycles. The molecular formula is C17H14N6O2. The molecule has 0 amide bonds. The first-order valence-corrected chi connectivity index (χ1v) is 7.50. The number of aromatic nitrogens is 5. The van der Waals surface area contributed by atoms with Crippen molar-refractivity contribution in [3.05, 3.63) is 54.9 Å². The lowest BCUT2D eigenvalue weighted by molar-refractivity contribution is 0.374. The van der Waals surface area contributed by atoms with Crippen LogP contribution in [0.15, 0.2) is 54.9 Å². The first-order chi connectivity index (χ1) is 12.3. The van der Waals surface area contributed by atoms with Gasteiger partial charge in [0.2, 0.25) is 5.88 Å². The second kappa shape index (κ2) is 6.08. The maximum atomic E-state index is 6.23. The minimum absolute atomic E-state index is 0.217. The number of benzene rings is 2. The minimum Gasteiger partial charge on any atom is -0.493 e. The summed E-state index contributed by atoms with van der Waals surface area (Å²) in [6.45, 7) is 0. The molecule has 0 saturated carbocycles. The number of ether oxygens (including phenoxy) is 2. The highest BCUT2D eigenvalue weighted by Crippen LogP contribution is 2.34. The summed E-state index contributed by atoms with van der Waals surface area (Å²) < 4.78 is 12.7. The summed E-state index contributed by atoms with van der Waals surface area (Å²) >= 11 is 0. The number of nitrogens with zero attached hydrogens (tertiary/aromatic N) is 5. The van der Waals surface area contributed by atoms with Crippen molar-refractivity contribution in [1.29, 1.82) is 0 Å². The molecule has 0 unspecified atom stereocenters. The van der Waals surface area contributed by atoms with Gasteiger partial charge in [-0.1, -0.05) is 29.5 Å². The lowest BCUT2D eigenvalue weighted by Gasteiger charge is -2.12. The van der Waals surface area contributed by atoms with Crippen LogP contribution in [0.4, 0.5) is 5.69 Å². The predicted molar refractivity (Wildman–Crippen MR) is 91.9 cm³/mol. The van der Waals surface area contributed by atoms with Crippen LogP contribution in [0.25, 0.3) is 16.9 Å². The van der Waals surface area contributed by atoms with Crippen LogP contribution < -0.4 is 15.2 Å². The van der Waals surface area contributed by atoms with Crippen molar-refractivity contribution in [2.24, 2.45) is 0 Å². The fraction of sp³-hybridized carbons (Fsp3) is 0.0588. The van der Waals surface area contributed by atoms with Crippen LogP contribution in [0.5, 0.6) is 17.4 Å². The van der Waals surface area contributed by atoms with Crippen LogP contribution in [0.2, 0.25) is 0 Å². The maximum Gasteiger partial charge on any atom is 0.248 e. The zero-order valence-corrected chi connectivity index (χ0v) is 13.3. The molecule has 0 atom stereocenters. The van der Waals surface area contributed by atoms with Crippen LogP contribution >= 0.6 is 0 Å². The zero-order valence-electron chi connectivity index (χ0n) is 13.3. The third-order valence-electron chi connectivity index (χ3n) is 3.65. The monoisotopic (exact) mass is 334 g/mol. The van der Waals surface area contributed by atoms with Crippen molar-refractivity contribution < 1.29 is 9.47 Å². The normalized spacial score (nSPS) is 10.8. The molecule has 8 nitrogen and oxygen atoms in total. The van der Waals surface area contributed by atoms with E-state index in [9.17, 15) is 0 Å². The van der Waals surface area contributed by atoms with E-state index in [-0.39, 0.29) is 11.6 Å². The average molecular weight is 334 g/mol. The highest BCUT2D eigenvalue weighted by molar-refractivity contribution is 5.77. The van der Waals surface area contributed by atoms with Crippen LogP contribution in [0.1, 0.15) is 0 Å². The van der Waals surface area contributed by atoms with Crippen molar-refractivity contribution in [1.82, 2.24) is 25.0 Å². The van der Waals surface area contributed by atoms with Gasteiger partial charge in [-0.25, -0.2) is 4.98 Å².